The number of hydrogen-bond acceptors (Lipinski definition) is 2. The van der Waals surface area contributed by atoms with Crippen LogP contribution in [0.4, 0.5) is 0 Å². The van der Waals surface area contributed by atoms with Gasteiger partial charge in [0.05, 0.1) is 6.61 Å². The lowest BCUT2D eigenvalue weighted by Crippen LogP contribution is -2.27. The molecule has 1 atom stereocenters. The van der Waals surface area contributed by atoms with Gasteiger partial charge in [0.25, 0.3) is 0 Å². The Hall–Kier alpha value is -0.0500. The standard InChI is InChI=1S/C10H17BrO2/c1-2-13-10(12)9(11)8-6-4-3-5-7-8/h8-9H,2-7H2,1H3/t9-/m1/s1. The molecule has 0 aromatic rings. The lowest BCUT2D eigenvalue weighted by Gasteiger charge is -2.24. The third-order valence-corrected chi connectivity index (χ3v) is 3.70. The molecule has 0 aromatic carbocycles. The number of rotatable bonds is 3. The molecule has 1 saturated carbocycles. The van der Waals surface area contributed by atoms with Gasteiger partial charge in [0.1, 0.15) is 4.83 Å². The zero-order valence-corrected chi connectivity index (χ0v) is 9.68. The number of carbonyl (C=O) groups excluding carboxylic acids is 1. The Balaban J connectivity index is 2.35. The molecule has 0 N–H and O–H groups in total. The van der Waals surface area contributed by atoms with Crippen molar-refractivity contribution in [3.05, 3.63) is 0 Å². The maximum atomic E-state index is 11.4. The number of alkyl halides is 1. The maximum Gasteiger partial charge on any atom is 0.319 e. The largest absolute Gasteiger partial charge is 0.465 e. The van der Waals surface area contributed by atoms with Crippen molar-refractivity contribution in [2.75, 3.05) is 6.61 Å². The summed E-state index contributed by atoms with van der Waals surface area (Å²) < 4.78 is 4.97. The van der Waals surface area contributed by atoms with Crippen LogP contribution in [-0.4, -0.2) is 17.4 Å². The molecule has 76 valence electrons. The first kappa shape index (κ1) is 11.0. The van der Waals surface area contributed by atoms with E-state index in [1.165, 1.54) is 19.3 Å². The van der Waals surface area contributed by atoms with E-state index in [1.54, 1.807) is 0 Å². The second kappa shape index (κ2) is 5.63. The highest BCUT2D eigenvalue weighted by Gasteiger charge is 2.27. The summed E-state index contributed by atoms with van der Waals surface area (Å²) >= 11 is 3.43. The highest BCUT2D eigenvalue weighted by molar-refractivity contribution is 9.10. The maximum absolute atomic E-state index is 11.4. The fraction of sp³-hybridized carbons (Fsp3) is 0.900. The van der Waals surface area contributed by atoms with E-state index in [4.69, 9.17) is 4.74 Å². The average molecular weight is 249 g/mol. The van der Waals surface area contributed by atoms with E-state index in [0.29, 0.717) is 12.5 Å². The van der Waals surface area contributed by atoms with E-state index in [2.05, 4.69) is 15.9 Å². The van der Waals surface area contributed by atoms with Gasteiger partial charge in [-0.2, -0.15) is 0 Å². The summed E-state index contributed by atoms with van der Waals surface area (Å²) in [5.74, 6) is 0.405. The Labute approximate surface area is 88.2 Å². The zero-order chi connectivity index (χ0) is 9.68. The van der Waals surface area contributed by atoms with Crippen LogP contribution >= 0.6 is 15.9 Å². The second-order valence-corrected chi connectivity index (χ2v) is 4.54. The molecule has 3 heteroatoms. The van der Waals surface area contributed by atoms with Gasteiger partial charge in [-0.15, -0.1) is 0 Å². The summed E-state index contributed by atoms with van der Waals surface area (Å²) in [7, 11) is 0. The van der Waals surface area contributed by atoms with Crippen molar-refractivity contribution >= 4 is 21.9 Å². The Morgan fingerprint density at radius 1 is 1.46 bits per heavy atom. The molecule has 1 rings (SSSR count). The van der Waals surface area contributed by atoms with Gasteiger partial charge in [-0.25, -0.2) is 0 Å². The summed E-state index contributed by atoms with van der Waals surface area (Å²) in [6, 6.07) is 0. The number of esters is 1. The van der Waals surface area contributed by atoms with Crippen molar-refractivity contribution in [1.82, 2.24) is 0 Å². The van der Waals surface area contributed by atoms with E-state index >= 15 is 0 Å². The molecule has 1 fully saturated rings. The predicted molar refractivity (Wildman–Crippen MR) is 55.9 cm³/mol. The quantitative estimate of drug-likeness (QED) is 0.567. The number of ether oxygens (including phenoxy) is 1. The smallest absolute Gasteiger partial charge is 0.319 e. The van der Waals surface area contributed by atoms with Crippen LogP contribution in [0.25, 0.3) is 0 Å². The fourth-order valence-corrected chi connectivity index (χ4v) is 2.50. The first-order valence-electron chi connectivity index (χ1n) is 5.06. The summed E-state index contributed by atoms with van der Waals surface area (Å²) in [5.41, 5.74) is 0. The highest BCUT2D eigenvalue weighted by atomic mass is 79.9. The number of carbonyl (C=O) groups is 1. The Bertz CT molecular complexity index is 164. The number of halogens is 1. The van der Waals surface area contributed by atoms with Crippen LogP contribution in [-0.2, 0) is 9.53 Å². The molecule has 0 heterocycles. The monoisotopic (exact) mass is 248 g/mol. The Morgan fingerprint density at radius 2 is 2.08 bits per heavy atom. The fourth-order valence-electron chi connectivity index (χ4n) is 1.84. The molecule has 0 bridgehead atoms. The lowest BCUT2D eigenvalue weighted by atomic mass is 9.87. The third-order valence-electron chi connectivity index (χ3n) is 2.58. The number of hydrogen-bond donors (Lipinski definition) is 0. The molecule has 1 aliphatic rings. The van der Waals surface area contributed by atoms with Gasteiger partial charge in [-0.1, -0.05) is 35.2 Å². The molecule has 13 heavy (non-hydrogen) atoms. The molecule has 0 aliphatic heterocycles. The molecule has 0 radical (unpaired) electrons. The summed E-state index contributed by atoms with van der Waals surface area (Å²) in [5, 5.41) is 0. The molecule has 0 saturated heterocycles. The Kier molecular flexibility index (Phi) is 4.78. The van der Waals surface area contributed by atoms with Crippen molar-refractivity contribution in [3.8, 4) is 0 Å². The minimum Gasteiger partial charge on any atom is -0.465 e. The van der Waals surface area contributed by atoms with Crippen LogP contribution in [0, 0.1) is 5.92 Å². The van der Waals surface area contributed by atoms with Crippen LogP contribution in [0.15, 0.2) is 0 Å². The predicted octanol–water partition coefficient (Wildman–Crippen LogP) is 2.89. The van der Waals surface area contributed by atoms with Gasteiger partial charge in [-0.05, 0) is 25.7 Å². The summed E-state index contributed by atoms with van der Waals surface area (Å²) in [4.78, 5) is 11.3. The van der Waals surface area contributed by atoms with Gasteiger partial charge in [0, 0.05) is 0 Å². The first-order chi connectivity index (χ1) is 6.25. The van der Waals surface area contributed by atoms with Crippen molar-refractivity contribution in [2.24, 2.45) is 5.92 Å². The van der Waals surface area contributed by atoms with Gasteiger partial charge in [-0.3, -0.25) is 4.79 Å². The van der Waals surface area contributed by atoms with E-state index in [0.717, 1.165) is 12.8 Å². The van der Waals surface area contributed by atoms with E-state index in [9.17, 15) is 4.79 Å². The molecule has 0 unspecified atom stereocenters. The molecule has 1 aliphatic carbocycles. The van der Waals surface area contributed by atoms with Crippen molar-refractivity contribution in [3.63, 3.8) is 0 Å². The minimum absolute atomic E-state index is 0.0762. The molecule has 0 spiro atoms. The lowest BCUT2D eigenvalue weighted by molar-refractivity contribution is -0.143. The van der Waals surface area contributed by atoms with E-state index in [-0.39, 0.29) is 10.8 Å². The average Bonchev–Trinajstić information content (AvgIpc) is 2.18. The van der Waals surface area contributed by atoms with Gasteiger partial charge >= 0.3 is 5.97 Å². The SMILES string of the molecule is CCOC(=O)[C@H](Br)C1CCCCC1. The van der Waals surface area contributed by atoms with Gasteiger partial charge in [0.15, 0.2) is 0 Å². The summed E-state index contributed by atoms with van der Waals surface area (Å²) in [6.45, 7) is 2.33. The molecule has 0 aromatic heterocycles. The topological polar surface area (TPSA) is 26.3 Å². The third kappa shape index (κ3) is 3.29. The Morgan fingerprint density at radius 3 is 2.62 bits per heavy atom. The van der Waals surface area contributed by atoms with Crippen molar-refractivity contribution in [2.45, 2.75) is 43.9 Å². The minimum atomic E-state index is -0.0885. The zero-order valence-electron chi connectivity index (χ0n) is 8.09. The van der Waals surface area contributed by atoms with Crippen molar-refractivity contribution in [1.29, 1.82) is 0 Å². The van der Waals surface area contributed by atoms with Crippen LogP contribution in [0.5, 0.6) is 0 Å². The molecule has 2 nitrogen and oxygen atoms in total. The second-order valence-electron chi connectivity index (χ2n) is 3.55. The normalized spacial score (nSPS) is 21.1. The van der Waals surface area contributed by atoms with Gasteiger partial charge in [0.2, 0.25) is 0 Å². The molecular formula is C10H17BrO2. The highest BCUT2D eigenvalue weighted by Crippen LogP contribution is 2.30. The van der Waals surface area contributed by atoms with Crippen LogP contribution in [0.3, 0.4) is 0 Å². The molecule has 0 amide bonds. The van der Waals surface area contributed by atoms with E-state index < -0.39 is 0 Å². The first-order valence-corrected chi connectivity index (χ1v) is 5.98. The van der Waals surface area contributed by atoms with Crippen molar-refractivity contribution < 1.29 is 9.53 Å². The van der Waals surface area contributed by atoms with Crippen LogP contribution in [0.2, 0.25) is 0 Å². The van der Waals surface area contributed by atoms with Crippen LogP contribution < -0.4 is 0 Å². The van der Waals surface area contributed by atoms with Crippen LogP contribution in [0.1, 0.15) is 39.0 Å². The summed E-state index contributed by atoms with van der Waals surface area (Å²) in [6.07, 6.45) is 6.15. The van der Waals surface area contributed by atoms with Gasteiger partial charge < -0.3 is 4.74 Å². The van der Waals surface area contributed by atoms with E-state index in [1.807, 2.05) is 6.92 Å². The molecular weight excluding hydrogens is 232 g/mol.